The van der Waals surface area contributed by atoms with Gasteiger partial charge in [-0.1, -0.05) is 12.1 Å². The average molecular weight is 374 g/mol. The molecule has 0 bridgehead atoms. The van der Waals surface area contributed by atoms with Crippen molar-refractivity contribution in [1.29, 1.82) is 0 Å². The second-order valence-corrected chi connectivity index (χ2v) is 7.94. The quantitative estimate of drug-likeness (QED) is 0.743. The van der Waals surface area contributed by atoms with Gasteiger partial charge in [0.25, 0.3) is 0 Å². The number of piperidine rings is 2. The molecule has 6 heteroatoms. The lowest BCUT2D eigenvalue weighted by Crippen LogP contribution is -2.51. The summed E-state index contributed by atoms with van der Waals surface area (Å²) in [5.74, 6) is -0.596. The van der Waals surface area contributed by atoms with Crippen molar-refractivity contribution in [2.24, 2.45) is 5.41 Å². The van der Waals surface area contributed by atoms with Crippen LogP contribution in [-0.4, -0.2) is 66.7 Å². The molecule has 2 aliphatic rings. The van der Waals surface area contributed by atoms with E-state index in [2.05, 4.69) is 4.90 Å². The maximum atomic E-state index is 12.2. The van der Waals surface area contributed by atoms with Gasteiger partial charge in [-0.3, -0.25) is 9.69 Å². The number of hydrogen-bond acceptors (Lipinski definition) is 4. The Bertz CT molecular complexity index is 651. The van der Waals surface area contributed by atoms with Crippen LogP contribution in [0.4, 0.5) is 0 Å². The number of hydrogen-bond donors (Lipinski definition) is 1. The van der Waals surface area contributed by atoms with Gasteiger partial charge in [0.2, 0.25) is 5.91 Å². The summed E-state index contributed by atoms with van der Waals surface area (Å²) in [4.78, 5) is 27.7. The first-order valence-corrected chi connectivity index (χ1v) is 9.83. The van der Waals surface area contributed by atoms with E-state index in [1.54, 1.807) is 19.2 Å². The van der Waals surface area contributed by atoms with Crippen LogP contribution in [0.3, 0.4) is 0 Å². The largest absolute Gasteiger partial charge is 0.478 e. The van der Waals surface area contributed by atoms with Crippen molar-refractivity contribution in [2.75, 3.05) is 39.9 Å². The topological polar surface area (TPSA) is 70.1 Å². The molecule has 6 nitrogen and oxygen atoms in total. The summed E-state index contributed by atoms with van der Waals surface area (Å²) in [5, 5.41) is 9.00. The van der Waals surface area contributed by atoms with Gasteiger partial charge in [-0.2, -0.15) is 0 Å². The molecule has 0 atom stereocenters. The molecule has 1 N–H and O–H groups in total. The zero-order chi connectivity index (χ0) is 19.3. The lowest BCUT2D eigenvalue weighted by molar-refractivity contribution is -0.139. The van der Waals surface area contributed by atoms with Gasteiger partial charge < -0.3 is 14.7 Å². The Hall–Kier alpha value is -1.92. The molecular weight excluding hydrogens is 344 g/mol. The minimum atomic E-state index is -0.886. The van der Waals surface area contributed by atoms with Gasteiger partial charge in [0, 0.05) is 39.8 Å². The molecule has 1 aromatic carbocycles. The number of benzene rings is 1. The molecule has 1 aromatic rings. The Balaban J connectivity index is 1.51. The van der Waals surface area contributed by atoms with E-state index in [0.717, 1.165) is 64.0 Å². The summed E-state index contributed by atoms with van der Waals surface area (Å²) < 4.78 is 5.12. The molecule has 0 radical (unpaired) electrons. The number of carbonyl (C=O) groups is 2. The molecule has 2 heterocycles. The zero-order valence-corrected chi connectivity index (χ0v) is 16.2. The summed E-state index contributed by atoms with van der Waals surface area (Å²) in [5.41, 5.74) is 1.75. The van der Waals surface area contributed by atoms with Gasteiger partial charge in [0.15, 0.2) is 0 Å². The minimum Gasteiger partial charge on any atom is -0.478 e. The van der Waals surface area contributed by atoms with Crippen LogP contribution >= 0.6 is 0 Å². The highest BCUT2D eigenvalue weighted by molar-refractivity contribution is 5.87. The average Bonchev–Trinajstić information content (AvgIpc) is 2.67. The number of methoxy groups -OCH3 is 1. The van der Waals surface area contributed by atoms with E-state index < -0.39 is 5.97 Å². The maximum absolute atomic E-state index is 12.2. The fourth-order valence-electron chi connectivity index (χ4n) is 4.31. The monoisotopic (exact) mass is 374 g/mol. The van der Waals surface area contributed by atoms with Crippen molar-refractivity contribution in [3.05, 3.63) is 35.4 Å². The maximum Gasteiger partial charge on any atom is 0.335 e. The van der Waals surface area contributed by atoms with Crippen molar-refractivity contribution in [2.45, 2.75) is 38.6 Å². The Morgan fingerprint density at radius 2 is 1.89 bits per heavy atom. The molecule has 2 saturated heterocycles. The minimum absolute atomic E-state index is 0.268. The third-order valence-corrected chi connectivity index (χ3v) is 6.05. The molecule has 0 unspecified atom stereocenters. The normalized spacial score (nSPS) is 20.2. The molecule has 2 aliphatic heterocycles. The molecule has 2 fully saturated rings. The lowest BCUT2D eigenvalue weighted by Gasteiger charge is -2.47. The predicted octanol–water partition coefficient (Wildman–Crippen LogP) is 2.63. The SMILES string of the molecule is COCCCN1CC2(CCC1=O)CCN(Cc1ccc(C(=O)O)cc1)CC2. The number of carboxylic acids is 1. The highest BCUT2D eigenvalue weighted by Gasteiger charge is 2.40. The highest BCUT2D eigenvalue weighted by Crippen LogP contribution is 2.40. The second-order valence-electron chi connectivity index (χ2n) is 7.94. The zero-order valence-electron chi connectivity index (χ0n) is 16.2. The molecule has 1 amide bonds. The summed E-state index contributed by atoms with van der Waals surface area (Å²) in [6, 6.07) is 7.16. The van der Waals surface area contributed by atoms with E-state index in [1.807, 2.05) is 17.0 Å². The first-order chi connectivity index (χ1) is 13.0. The van der Waals surface area contributed by atoms with Crippen molar-refractivity contribution in [3.8, 4) is 0 Å². The molecular formula is C21H30N2O4. The number of carbonyl (C=O) groups excluding carboxylic acids is 1. The number of nitrogens with zero attached hydrogens (tertiary/aromatic N) is 2. The van der Waals surface area contributed by atoms with Gasteiger partial charge in [-0.25, -0.2) is 4.79 Å². The molecule has 0 aliphatic carbocycles. The van der Waals surface area contributed by atoms with Crippen LogP contribution in [0.25, 0.3) is 0 Å². The molecule has 3 rings (SSSR count). The number of rotatable bonds is 7. The van der Waals surface area contributed by atoms with Gasteiger partial charge >= 0.3 is 5.97 Å². The first-order valence-electron chi connectivity index (χ1n) is 9.83. The molecule has 148 valence electrons. The summed E-state index contributed by atoms with van der Waals surface area (Å²) in [6.07, 6.45) is 4.82. The van der Waals surface area contributed by atoms with Crippen molar-refractivity contribution in [3.63, 3.8) is 0 Å². The Morgan fingerprint density at radius 3 is 2.52 bits per heavy atom. The van der Waals surface area contributed by atoms with Gasteiger partial charge in [-0.15, -0.1) is 0 Å². The van der Waals surface area contributed by atoms with Crippen LogP contribution in [0.2, 0.25) is 0 Å². The lowest BCUT2D eigenvalue weighted by atomic mass is 9.72. The van der Waals surface area contributed by atoms with E-state index >= 15 is 0 Å². The number of aromatic carboxylic acids is 1. The van der Waals surface area contributed by atoms with Gasteiger partial charge in [0.05, 0.1) is 5.56 Å². The summed E-state index contributed by atoms with van der Waals surface area (Å²) in [7, 11) is 1.70. The van der Waals surface area contributed by atoms with Crippen molar-refractivity contribution < 1.29 is 19.4 Å². The van der Waals surface area contributed by atoms with Crippen molar-refractivity contribution in [1.82, 2.24) is 9.80 Å². The Labute approximate surface area is 161 Å². The first kappa shape index (κ1) is 19.8. The third-order valence-electron chi connectivity index (χ3n) is 6.05. The van der Waals surface area contributed by atoms with Crippen LogP contribution in [0, 0.1) is 5.41 Å². The fourth-order valence-corrected chi connectivity index (χ4v) is 4.31. The highest BCUT2D eigenvalue weighted by atomic mass is 16.5. The fraction of sp³-hybridized carbons (Fsp3) is 0.619. The van der Waals surface area contributed by atoms with Crippen LogP contribution in [0.15, 0.2) is 24.3 Å². The van der Waals surface area contributed by atoms with Crippen LogP contribution in [0.5, 0.6) is 0 Å². The van der Waals surface area contributed by atoms with Gasteiger partial charge in [-0.05, 0) is 61.9 Å². The molecule has 27 heavy (non-hydrogen) atoms. The Morgan fingerprint density at radius 1 is 1.19 bits per heavy atom. The predicted molar refractivity (Wildman–Crippen MR) is 103 cm³/mol. The number of amides is 1. The standard InChI is InChI=1S/C21H30N2O4/c1-27-14-2-11-23-16-21(8-7-19(23)24)9-12-22(13-10-21)15-17-3-5-18(6-4-17)20(25)26/h3-6H,2,7-16H2,1H3,(H,25,26). The van der Waals surface area contributed by atoms with E-state index in [-0.39, 0.29) is 11.3 Å². The number of carboxylic acid groups (broad SMARTS) is 1. The van der Waals surface area contributed by atoms with Crippen LogP contribution in [-0.2, 0) is 16.1 Å². The number of likely N-dealkylation sites (tertiary alicyclic amines) is 2. The third kappa shape index (κ3) is 5.08. The van der Waals surface area contributed by atoms with Crippen LogP contribution < -0.4 is 0 Å². The molecule has 0 saturated carbocycles. The van der Waals surface area contributed by atoms with E-state index in [9.17, 15) is 9.59 Å². The van der Waals surface area contributed by atoms with Crippen LogP contribution in [0.1, 0.15) is 48.0 Å². The van der Waals surface area contributed by atoms with E-state index in [4.69, 9.17) is 9.84 Å². The van der Waals surface area contributed by atoms with E-state index in [1.165, 1.54) is 0 Å². The smallest absolute Gasteiger partial charge is 0.335 e. The van der Waals surface area contributed by atoms with E-state index in [0.29, 0.717) is 18.6 Å². The second kappa shape index (κ2) is 8.85. The molecule has 1 spiro atoms. The summed E-state index contributed by atoms with van der Waals surface area (Å²) >= 11 is 0. The molecule has 0 aromatic heterocycles. The van der Waals surface area contributed by atoms with Gasteiger partial charge in [0.1, 0.15) is 0 Å². The summed E-state index contributed by atoms with van der Waals surface area (Å²) in [6.45, 7) is 5.30. The van der Waals surface area contributed by atoms with Crippen molar-refractivity contribution >= 4 is 11.9 Å². The number of ether oxygens (including phenoxy) is 1. The Kier molecular flexibility index (Phi) is 6.50.